The van der Waals surface area contributed by atoms with Crippen molar-refractivity contribution >= 4 is 11.6 Å². The third kappa shape index (κ3) is 2.97. The second kappa shape index (κ2) is 5.91. The van der Waals surface area contributed by atoms with Gasteiger partial charge in [-0.1, -0.05) is 18.5 Å². The molecule has 2 unspecified atom stereocenters. The predicted octanol–water partition coefficient (Wildman–Crippen LogP) is 2.38. The summed E-state index contributed by atoms with van der Waals surface area (Å²) in [5.74, 6) is 1.22. The van der Waals surface area contributed by atoms with Gasteiger partial charge in [0.25, 0.3) is 0 Å². The molecule has 18 heavy (non-hydrogen) atoms. The molecule has 1 aromatic carbocycles. The molecule has 3 nitrogen and oxygen atoms in total. The van der Waals surface area contributed by atoms with E-state index < -0.39 is 0 Å². The van der Waals surface area contributed by atoms with Gasteiger partial charge >= 0.3 is 0 Å². The molecule has 0 fully saturated rings. The number of nitrogens with one attached hydrogen (secondary N) is 1. The molecule has 2 atom stereocenters. The van der Waals surface area contributed by atoms with E-state index in [4.69, 9.17) is 21.4 Å². The Morgan fingerprint density at radius 3 is 2.94 bits per heavy atom. The standard InChI is InChI=1S/C14H20ClNO2/c1-9(8-17)10(2)16-7-12-6-13(15)5-11-3-4-18-14(11)12/h5-6,9-10,16-17H,3-4,7-8H2,1-2H3. The van der Waals surface area contributed by atoms with Crippen molar-refractivity contribution in [3.8, 4) is 5.75 Å². The van der Waals surface area contributed by atoms with Crippen LogP contribution in [-0.4, -0.2) is 24.4 Å². The molecular formula is C14H20ClNO2. The van der Waals surface area contributed by atoms with Crippen molar-refractivity contribution < 1.29 is 9.84 Å². The highest BCUT2D eigenvalue weighted by atomic mass is 35.5. The van der Waals surface area contributed by atoms with Crippen LogP contribution in [0.1, 0.15) is 25.0 Å². The van der Waals surface area contributed by atoms with Gasteiger partial charge in [-0.15, -0.1) is 0 Å². The smallest absolute Gasteiger partial charge is 0.127 e. The third-order valence-electron chi connectivity index (χ3n) is 3.58. The lowest BCUT2D eigenvalue weighted by molar-refractivity contribution is 0.206. The van der Waals surface area contributed by atoms with Gasteiger partial charge in [0, 0.05) is 36.2 Å². The first kappa shape index (κ1) is 13.7. The Labute approximate surface area is 113 Å². The summed E-state index contributed by atoms with van der Waals surface area (Å²) in [4.78, 5) is 0. The van der Waals surface area contributed by atoms with E-state index in [-0.39, 0.29) is 18.6 Å². The average Bonchev–Trinajstić information content (AvgIpc) is 2.82. The fourth-order valence-electron chi connectivity index (χ4n) is 2.11. The first-order chi connectivity index (χ1) is 8.61. The van der Waals surface area contributed by atoms with Gasteiger partial charge in [0.1, 0.15) is 5.75 Å². The van der Waals surface area contributed by atoms with E-state index in [1.165, 1.54) is 5.56 Å². The van der Waals surface area contributed by atoms with Crippen LogP contribution in [0.15, 0.2) is 12.1 Å². The summed E-state index contributed by atoms with van der Waals surface area (Å²) in [5.41, 5.74) is 2.30. The molecule has 0 aromatic heterocycles. The van der Waals surface area contributed by atoms with Crippen molar-refractivity contribution in [3.63, 3.8) is 0 Å². The van der Waals surface area contributed by atoms with Crippen molar-refractivity contribution in [2.75, 3.05) is 13.2 Å². The van der Waals surface area contributed by atoms with Crippen LogP contribution in [0.2, 0.25) is 5.02 Å². The molecule has 0 radical (unpaired) electrons. The number of halogens is 1. The number of aliphatic hydroxyl groups excluding tert-OH is 1. The number of aliphatic hydroxyl groups is 1. The molecule has 4 heteroatoms. The summed E-state index contributed by atoms with van der Waals surface area (Å²) in [6.45, 7) is 5.75. The number of hydrogen-bond donors (Lipinski definition) is 2. The zero-order valence-electron chi connectivity index (χ0n) is 10.9. The van der Waals surface area contributed by atoms with Gasteiger partial charge in [0.05, 0.1) is 6.61 Å². The van der Waals surface area contributed by atoms with Crippen LogP contribution in [0.25, 0.3) is 0 Å². The molecular weight excluding hydrogens is 250 g/mol. The summed E-state index contributed by atoms with van der Waals surface area (Å²) >= 11 is 6.11. The Kier molecular flexibility index (Phi) is 4.49. The zero-order chi connectivity index (χ0) is 13.1. The SMILES string of the molecule is CC(CO)C(C)NCc1cc(Cl)cc2c1OCC2. The zero-order valence-corrected chi connectivity index (χ0v) is 11.6. The van der Waals surface area contributed by atoms with Crippen LogP contribution in [-0.2, 0) is 13.0 Å². The second-order valence-corrected chi connectivity index (χ2v) is 5.42. The lowest BCUT2D eigenvalue weighted by Crippen LogP contribution is -2.33. The summed E-state index contributed by atoms with van der Waals surface area (Å²) in [6.07, 6.45) is 0.936. The minimum absolute atomic E-state index is 0.193. The number of benzene rings is 1. The molecule has 0 saturated heterocycles. The van der Waals surface area contributed by atoms with Gasteiger partial charge < -0.3 is 15.2 Å². The molecule has 0 amide bonds. The fraction of sp³-hybridized carbons (Fsp3) is 0.571. The number of hydrogen-bond acceptors (Lipinski definition) is 3. The molecule has 2 rings (SSSR count). The molecule has 0 saturated carbocycles. The molecule has 0 bridgehead atoms. The van der Waals surface area contributed by atoms with Crippen LogP contribution in [0, 0.1) is 5.92 Å². The van der Waals surface area contributed by atoms with Crippen LogP contribution < -0.4 is 10.1 Å². The maximum atomic E-state index is 9.12. The topological polar surface area (TPSA) is 41.5 Å². The lowest BCUT2D eigenvalue weighted by Gasteiger charge is -2.20. The quantitative estimate of drug-likeness (QED) is 0.862. The highest BCUT2D eigenvalue weighted by Crippen LogP contribution is 2.32. The predicted molar refractivity (Wildman–Crippen MR) is 73.2 cm³/mol. The van der Waals surface area contributed by atoms with Gasteiger partial charge in [-0.05, 0) is 30.5 Å². The Hall–Kier alpha value is -0.770. The van der Waals surface area contributed by atoms with Gasteiger partial charge in [-0.2, -0.15) is 0 Å². The largest absolute Gasteiger partial charge is 0.493 e. The number of rotatable bonds is 5. The molecule has 1 aromatic rings. The van der Waals surface area contributed by atoms with E-state index in [1.54, 1.807) is 0 Å². The van der Waals surface area contributed by atoms with Crippen LogP contribution in [0.4, 0.5) is 0 Å². The van der Waals surface area contributed by atoms with Crippen LogP contribution in [0.3, 0.4) is 0 Å². The van der Waals surface area contributed by atoms with Crippen molar-refractivity contribution in [2.24, 2.45) is 5.92 Å². The van der Waals surface area contributed by atoms with E-state index in [2.05, 4.69) is 12.2 Å². The first-order valence-electron chi connectivity index (χ1n) is 6.40. The monoisotopic (exact) mass is 269 g/mol. The highest BCUT2D eigenvalue weighted by Gasteiger charge is 2.18. The molecule has 1 aliphatic heterocycles. The molecule has 0 aliphatic carbocycles. The molecule has 1 heterocycles. The Morgan fingerprint density at radius 2 is 2.22 bits per heavy atom. The Morgan fingerprint density at radius 1 is 1.44 bits per heavy atom. The van der Waals surface area contributed by atoms with Crippen LogP contribution >= 0.6 is 11.6 Å². The summed E-state index contributed by atoms with van der Waals surface area (Å²) in [7, 11) is 0. The van der Waals surface area contributed by atoms with E-state index >= 15 is 0 Å². The maximum Gasteiger partial charge on any atom is 0.127 e. The van der Waals surface area contributed by atoms with E-state index in [0.717, 1.165) is 29.4 Å². The Bertz CT molecular complexity index is 423. The lowest BCUT2D eigenvalue weighted by atomic mass is 10.0. The molecule has 2 N–H and O–H groups in total. The molecule has 0 spiro atoms. The van der Waals surface area contributed by atoms with Crippen LogP contribution in [0.5, 0.6) is 5.75 Å². The summed E-state index contributed by atoms with van der Waals surface area (Å²) in [5, 5.41) is 13.3. The van der Waals surface area contributed by atoms with Crippen molar-refractivity contribution in [2.45, 2.75) is 32.9 Å². The van der Waals surface area contributed by atoms with Gasteiger partial charge in [-0.3, -0.25) is 0 Å². The van der Waals surface area contributed by atoms with Crippen molar-refractivity contribution in [1.29, 1.82) is 0 Å². The van der Waals surface area contributed by atoms with Gasteiger partial charge in [0.15, 0.2) is 0 Å². The van der Waals surface area contributed by atoms with Gasteiger partial charge in [-0.25, -0.2) is 0 Å². The summed E-state index contributed by atoms with van der Waals surface area (Å²) in [6, 6.07) is 4.19. The van der Waals surface area contributed by atoms with E-state index in [1.807, 2.05) is 19.1 Å². The normalized spacial score (nSPS) is 17.1. The van der Waals surface area contributed by atoms with E-state index in [0.29, 0.717) is 6.54 Å². The molecule has 100 valence electrons. The number of fused-ring (bicyclic) bond motifs is 1. The average molecular weight is 270 g/mol. The maximum absolute atomic E-state index is 9.12. The van der Waals surface area contributed by atoms with Gasteiger partial charge in [0.2, 0.25) is 0 Å². The minimum atomic E-state index is 0.193. The van der Waals surface area contributed by atoms with Crippen molar-refractivity contribution in [3.05, 3.63) is 28.3 Å². The number of ether oxygens (including phenoxy) is 1. The highest BCUT2D eigenvalue weighted by molar-refractivity contribution is 6.30. The first-order valence-corrected chi connectivity index (χ1v) is 6.78. The Balaban J connectivity index is 2.06. The minimum Gasteiger partial charge on any atom is -0.493 e. The molecule has 1 aliphatic rings. The fourth-order valence-corrected chi connectivity index (χ4v) is 2.37. The van der Waals surface area contributed by atoms with E-state index in [9.17, 15) is 0 Å². The second-order valence-electron chi connectivity index (χ2n) is 4.98. The summed E-state index contributed by atoms with van der Waals surface area (Å²) < 4.78 is 5.66. The third-order valence-corrected chi connectivity index (χ3v) is 3.80. The van der Waals surface area contributed by atoms with Crippen molar-refractivity contribution in [1.82, 2.24) is 5.32 Å².